The number of imidazole rings is 1. The van der Waals surface area contributed by atoms with Crippen molar-refractivity contribution < 1.29 is 38.4 Å². The van der Waals surface area contributed by atoms with Crippen LogP contribution in [0.5, 0.6) is 0 Å². The highest BCUT2D eigenvalue weighted by Gasteiger charge is 2.47. The molecule has 4 atom stereocenters. The highest BCUT2D eigenvalue weighted by Crippen LogP contribution is 2.37. The lowest BCUT2D eigenvalue weighted by Crippen LogP contribution is -2.46. The lowest BCUT2D eigenvalue weighted by molar-refractivity contribution is -0.752. The standard InChI is InChI=1S/C8H15N4O7P/c9-6-7(10)12(2-11-6)8-5(14)4(13)3(19-8)1-18-20(15,16)17/h2-5,8,13-14H,1,9-10H2,(H2,15,16,17)/p+1. The molecule has 0 bridgehead atoms. The minimum atomic E-state index is -4.69. The van der Waals surface area contributed by atoms with Crippen molar-refractivity contribution in [1.29, 1.82) is 0 Å². The molecule has 1 fully saturated rings. The zero-order chi connectivity index (χ0) is 15.1. The molecule has 0 amide bonds. The number of ether oxygens (including phenoxy) is 1. The first-order chi connectivity index (χ1) is 9.20. The van der Waals surface area contributed by atoms with Gasteiger partial charge in [0, 0.05) is 0 Å². The molecule has 1 aliphatic rings. The summed E-state index contributed by atoms with van der Waals surface area (Å²) in [5, 5.41) is 19.7. The fourth-order valence-electron chi connectivity index (χ4n) is 1.90. The molecular formula is C8H16N4O7P+. The van der Waals surface area contributed by atoms with Gasteiger partial charge in [-0.3, -0.25) is 9.51 Å². The summed E-state index contributed by atoms with van der Waals surface area (Å²) in [6.45, 7) is -0.584. The molecule has 0 radical (unpaired) electrons. The first kappa shape index (κ1) is 15.2. The van der Waals surface area contributed by atoms with Gasteiger partial charge in [-0.25, -0.2) is 9.13 Å². The number of nitrogens with one attached hydrogen (secondary N) is 1. The van der Waals surface area contributed by atoms with Crippen LogP contribution >= 0.6 is 7.82 Å². The number of nitrogens with two attached hydrogens (primary N) is 2. The molecule has 1 saturated heterocycles. The fraction of sp³-hybridized carbons (Fsp3) is 0.625. The molecule has 9 N–H and O–H groups in total. The SMILES string of the molecule is Nc1[nH]c[n+](C2OC(COP(=O)(O)O)C(O)C2O)c1N. The zero-order valence-corrected chi connectivity index (χ0v) is 11.1. The van der Waals surface area contributed by atoms with E-state index in [-0.39, 0.29) is 11.6 Å². The molecule has 114 valence electrons. The van der Waals surface area contributed by atoms with Crippen molar-refractivity contribution in [2.75, 3.05) is 18.1 Å². The Labute approximate surface area is 113 Å². The van der Waals surface area contributed by atoms with Crippen molar-refractivity contribution >= 4 is 19.5 Å². The Kier molecular flexibility index (Phi) is 4.02. The summed E-state index contributed by atoms with van der Waals surface area (Å²) in [7, 11) is -4.69. The van der Waals surface area contributed by atoms with E-state index in [1.807, 2.05) is 0 Å². The molecule has 20 heavy (non-hydrogen) atoms. The molecule has 2 heterocycles. The number of anilines is 2. The maximum absolute atomic E-state index is 10.6. The molecule has 4 unspecified atom stereocenters. The predicted molar refractivity (Wildman–Crippen MR) is 63.7 cm³/mol. The highest BCUT2D eigenvalue weighted by molar-refractivity contribution is 7.46. The van der Waals surface area contributed by atoms with E-state index in [0.29, 0.717) is 0 Å². The van der Waals surface area contributed by atoms with Crippen LogP contribution in [0.2, 0.25) is 0 Å². The van der Waals surface area contributed by atoms with Crippen LogP contribution in [0.3, 0.4) is 0 Å². The second kappa shape index (κ2) is 5.30. The first-order valence-electron chi connectivity index (χ1n) is 5.56. The lowest BCUT2D eigenvalue weighted by Gasteiger charge is -2.14. The molecular weight excluding hydrogens is 295 g/mol. The molecule has 0 aromatic carbocycles. The summed E-state index contributed by atoms with van der Waals surface area (Å²) in [5.41, 5.74) is 11.2. The maximum Gasteiger partial charge on any atom is 0.469 e. The normalized spacial score (nSPS) is 30.8. The van der Waals surface area contributed by atoms with E-state index < -0.39 is 39.0 Å². The number of aliphatic hydroxyl groups is 2. The summed E-state index contributed by atoms with van der Waals surface area (Å²) >= 11 is 0. The Morgan fingerprint density at radius 3 is 2.55 bits per heavy atom. The van der Waals surface area contributed by atoms with Gasteiger partial charge in [0.1, 0.15) is 18.3 Å². The Morgan fingerprint density at radius 1 is 1.40 bits per heavy atom. The van der Waals surface area contributed by atoms with Gasteiger partial charge < -0.3 is 36.2 Å². The van der Waals surface area contributed by atoms with Gasteiger partial charge in [-0.15, -0.1) is 0 Å². The van der Waals surface area contributed by atoms with Crippen molar-refractivity contribution in [3.8, 4) is 0 Å². The molecule has 0 saturated carbocycles. The fourth-order valence-corrected chi connectivity index (χ4v) is 2.24. The number of aromatic nitrogens is 2. The number of phosphoric ester groups is 1. The van der Waals surface area contributed by atoms with Crippen molar-refractivity contribution in [2.24, 2.45) is 0 Å². The Bertz CT molecular complexity index is 531. The number of nitrogen functional groups attached to an aromatic ring is 2. The van der Waals surface area contributed by atoms with Crippen molar-refractivity contribution in [3.63, 3.8) is 0 Å². The van der Waals surface area contributed by atoms with Gasteiger partial charge in [-0.05, 0) is 0 Å². The van der Waals surface area contributed by atoms with Gasteiger partial charge in [-0.2, -0.15) is 0 Å². The molecule has 12 heteroatoms. The summed E-state index contributed by atoms with van der Waals surface area (Å²) in [4.78, 5) is 19.8. The zero-order valence-electron chi connectivity index (χ0n) is 10.2. The van der Waals surface area contributed by atoms with E-state index in [4.69, 9.17) is 26.0 Å². The third-order valence-corrected chi connectivity index (χ3v) is 3.42. The van der Waals surface area contributed by atoms with Crippen LogP contribution in [0.25, 0.3) is 0 Å². The Hall–Kier alpha value is -1.20. The second-order valence-electron chi connectivity index (χ2n) is 4.31. The minimum absolute atomic E-state index is 0.0952. The van der Waals surface area contributed by atoms with Crippen molar-refractivity contribution in [1.82, 2.24) is 4.98 Å². The maximum atomic E-state index is 10.6. The number of aliphatic hydroxyl groups excluding tert-OH is 2. The van der Waals surface area contributed by atoms with Gasteiger partial charge in [0.15, 0.2) is 6.33 Å². The molecule has 11 nitrogen and oxygen atoms in total. The quantitative estimate of drug-likeness (QED) is 0.227. The van der Waals surface area contributed by atoms with E-state index in [1.165, 1.54) is 10.9 Å². The van der Waals surface area contributed by atoms with Gasteiger partial charge in [-0.1, -0.05) is 0 Å². The Morgan fingerprint density at radius 2 is 2.05 bits per heavy atom. The van der Waals surface area contributed by atoms with Gasteiger partial charge >= 0.3 is 7.82 Å². The average molecular weight is 311 g/mol. The van der Waals surface area contributed by atoms with E-state index in [0.717, 1.165) is 0 Å². The van der Waals surface area contributed by atoms with Crippen LogP contribution < -0.4 is 16.0 Å². The average Bonchev–Trinajstić information content (AvgIpc) is 2.81. The highest BCUT2D eigenvalue weighted by atomic mass is 31.2. The largest absolute Gasteiger partial charge is 0.469 e. The van der Waals surface area contributed by atoms with Crippen molar-refractivity contribution in [2.45, 2.75) is 24.5 Å². The monoisotopic (exact) mass is 311 g/mol. The van der Waals surface area contributed by atoms with E-state index in [1.54, 1.807) is 0 Å². The van der Waals surface area contributed by atoms with E-state index in [2.05, 4.69) is 9.51 Å². The van der Waals surface area contributed by atoms with E-state index in [9.17, 15) is 14.8 Å². The molecule has 0 aliphatic carbocycles. The summed E-state index contributed by atoms with van der Waals surface area (Å²) < 4.78 is 21.4. The van der Waals surface area contributed by atoms with Gasteiger partial charge in [0.05, 0.1) is 6.61 Å². The number of nitrogens with zero attached hydrogens (tertiary/aromatic N) is 1. The summed E-state index contributed by atoms with van der Waals surface area (Å²) in [6.07, 6.45) is -3.58. The van der Waals surface area contributed by atoms with E-state index >= 15 is 0 Å². The number of aromatic amines is 1. The van der Waals surface area contributed by atoms with Crippen LogP contribution in [0.4, 0.5) is 11.6 Å². The Balaban J connectivity index is 2.11. The van der Waals surface area contributed by atoms with Crippen LogP contribution in [0.15, 0.2) is 6.33 Å². The number of hydrogen-bond acceptors (Lipinski definition) is 7. The van der Waals surface area contributed by atoms with Crippen LogP contribution in [0.1, 0.15) is 6.23 Å². The van der Waals surface area contributed by atoms with Gasteiger partial charge in [0.25, 0.3) is 5.82 Å². The van der Waals surface area contributed by atoms with Crippen LogP contribution in [-0.2, 0) is 13.8 Å². The molecule has 0 spiro atoms. The van der Waals surface area contributed by atoms with Gasteiger partial charge in [0.2, 0.25) is 12.0 Å². The molecule has 1 aliphatic heterocycles. The summed E-state index contributed by atoms with van der Waals surface area (Å²) in [6, 6.07) is 0. The number of hydrogen-bond donors (Lipinski definition) is 7. The topological polar surface area (TPSA) is 188 Å². The summed E-state index contributed by atoms with van der Waals surface area (Å²) in [5.74, 6) is 0.253. The van der Waals surface area contributed by atoms with Crippen LogP contribution in [-0.4, -0.2) is 49.9 Å². The minimum Gasteiger partial charge on any atom is -0.387 e. The lowest BCUT2D eigenvalue weighted by atomic mass is 10.1. The number of phosphoric acid groups is 1. The smallest absolute Gasteiger partial charge is 0.387 e. The molecule has 1 aromatic heterocycles. The van der Waals surface area contributed by atoms with Crippen LogP contribution in [0, 0.1) is 0 Å². The third kappa shape index (κ3) is 2.94. The predicted octanol–water partition coefficient (Wildman–Crippen LogP) is -2.80. The third-order valence-electron chi connectivity index (χ3n) is 2.93. The second-order valence-corrected chi connectivity index (χ2v) is 5.55. The number of rotatable bonds is 4. The molecule has 1 aromatic rings. The first-order valence-corrected chi connectivity index (χ1v) is 7.09. The number of H-pyrrole nitrogens is 1. The van der Waals surface area contributed by atoms with Crippen molar-refractivity contribution in [3.05, 3.63) is 6.33 Å². The molecule has 2 rings (SSSR count).